The quantitative estimate of drug-likeness (QED) is 0.288. The molecular formula is C35H41NO2. The van der Waals surface area contributed by atoms with Crippen LogP contribution in [-0.4, -0.2) is 17.1 Å². The Kier molecular flexibility index (Phi) is 8.89. The molecule has 38 heavy (non-hydrogen) atoms. The Hall–Kier alpha value is -3.59. The highest BCUT2D eigenvalue weighted by Gasteiger charge is 2.17. The summed E-state index contributed by atoms with van der Waals surface area (Å²) < 4.78 is 0. The molecule has 3 nitrogen and oxygen atoms in total. The lowest BCUT2D eigenvalue weighted by atomic mass is 9.87. The third kappa shape index (κ3) is 6.64. The zero-order valence-electron chi connectivity index (χ0n) is 23.3. The normalized spacial score (nSPS) is 14.2. The molecule has 0 saturated heterocycles. The van der Waals surface area contributed by atoms with Gasteiger partial charge in [-0.2, -0.15) is 0 Å². The van der Waals surface area contributed by atoms with E-state index >= 15 is 0 Å². The number of allylic oxidation sites excluding steroid dienone is 2. The van der Waals surface area contributed by atoms with E-state index in [1.165, 1.54) is 59.1 Å². The highest BCUT2D eigenvalue weighted by atomic mass is 16.4. The fourth-order valence-electron chi connectivity index (χ4n) is 5.55. The van der Waals surface area contributed by atoms with E-state index in [1.54, 1.807) is 12.1 Å². The molecule has 0 aromatic heterocycles. The van der Waals surface area contributed by atoms with Gasteiger partial charge in [0.15, 0.2) is 0 Å². The average molecular weight is 508 g/mol. The van der Waals surface area contributed by atoms with Crippen LogP contribution in [0.25, 0.3) is 22.4 Å². The van der Waals surface area contributed by atoms with Crippen molar-refractivity contribution < 1.29 is 9.90 Å². The Bertz CT molecular complexity index is 1320. The van der Waals surface area contributed by atoms with Gasteiger partial charge in [0.05, 0.1) is 5.56 Å². The highest BCUT2D eigenvalue weighted by Crippen LogP contribution is 2.30. The number of hydrogen-bond donors (Lipinski definition) is 2. The summed E-state index contributed by atoms with van der Waals surface area (Å²) in [6, 6.07) is 22.9. The van der Waals surface area contributed by atoms with Gasteiger partial charge in [0.2, 0.25) is 0 Å². The van der Waals surface area contributed by atoms with E-state index in [4.69, 9.17) is 0 Å². The van der Waals surface area contributed by atoms with Crippen molar-refractivity contribution in [2.75, 3.05) is 0 Å². The van der Waals surface area contributed by atoms with Crippen LogP contribution in [0.3, 0.4) is 0 Å². The molecular weight excluding hydrogens is 466 g/mol. The van der Waals surface area contributed by atoms with E-state index in [0.29, 0.717) is 17.5 Å². The number of hydrogen-bond acceptors (Lipinski definition) is 2. The van der Waals surface area contributed by atoms with E-state index in [-0.39, 0.29) is 0 Å². The van der Waals surface area contributed by atoms with Crippen LogP contribution in [0.2, 0.25) is 0 Å². The van der Waals surface area contributed by atoms with Crippen molar-refractivity contribution in [2.24, 2.45) is 5.92 Å². The van der Waals surface area contributed by atoms with E-state index in [2.05, 4.69) is 69.9 Å². The molecule has 1 aliphatic carbocycles. The van der Waals surface area contributed by atoms with Crippen LogP contribution in [0.4, 0.5) is 0 Å². The first-order valence-corrected chi connectivity index (χ1v) is 13.9. The van der Waals surface area contributed by atoms with Crippen molar-refractivity contribution in [1.29, 1.82) is 0 Å². The molecule has 1 atom stereocenters. The summed E-state index contributed by atoms with van der Waals surface area (Å²) in [5.41, 5.74) is 10.9. The van der Waals surface area contributed by atoms with E-state index in [0.717, 1.165) is 29.7 Å². The molecule has 0 amide bonds. The van der Waals surface area contributed by atoms with Crippen LogP contribution in [-0.2, 0) is 12.8 Å². The molecule has 0 bridgehead atoms. The maximum atomic E-state index is 11.6. The number of rotatable bonds is 10. The summed E-state index contributed by atoms with van der Waals surface area (Å²) in [6.07, 6.45) is 7.05. The van der Waals surface area contributed by atoms with Crippen molar-refractivity contribution in [3.63, 3.8) is 0 Å². The number of benzene rings is 3. The van der Waals surface area contributed by atoms with Crippen LogP contribution in [0.1, 0.15) is 86.0 Å². The van der Waals surface area contributed by atoms with Gasteiger partial charge >= 0.3 is 5.97 Å². The van der Waals surface area contributed by atoms with Gasteiger partial charge in [-0.1, -0.05) is 86.5 Å². The van der Waals surface area contributed by atoms with E-state index in [1.807, 2.05) is 24.3 Å². The first-order valence-electron chi connectivity index (χ1n) is 13.9. The summed E-state index contributed by atoms with van der Waals surface area (Å²) in [6.45, 7) is 13.3. The first kappa shape index (κ1) is 27.4. The summed E-state index contributed by atoms with van der Waals surface area (Å²) in [4.78, 5) is 11.6. The highest BCUT2D eigenvalue weighted by molar-refractivity contribution is 5.96. The molecule has 3 aromatic rings. The molecule has 0 spiro atoms. The lowest BCUT2D eigenvalue weighted by Gasteiger charge is -2.20. The summed E-state index contributed by atoms with van der Waals surface area (Å²) >= 11 is 0. The molecule has 3 aromatic carbocycles. The molecule has 2 N–H and O–H groups in total. The minimum absolute atomic E-state index is 0.334. The third-order valence-electron chi connectivity index (χ3n) is 7.92. The molecule has 1 fully saturated rings. The maximum Gasteiger partial charge on any atom is 0.336 e. The topological polar surface area (TPSA) is 49.3 Å². The fourth-order valence-corrected chi connectivity index (χ4v) is 5.55. The van der Waals surface area contributed by atoms with Crippen molar-refractivity contribution in [3.05, 3.63) is 107 Å². The third-order valence-corrected chi connectivity index (χ3v) is 7.92. The second kappa shape index (κ2) is 12.3. The summed E-state index contributed by atoms with van der Waals surface area (Å²) in [5.74, 6) is -0.439. The number of nitrogens with one attached hydrogen (secondary N) is 1. The predicted molar refractivity (Wildman–Crippen MR) is 160 cm³/mol. The number of carboxylic acid groups (broad SMARTS) is 1. The van der Waals surface area contributed by atoms with Gasteiger partial charge in [-0.3, -0.25) is 0 Å². The molecule has 198 valence electrons. The molecule has 3 heteroatoms. The van der Waals surface area contributed by atoms with Gasteiger partial charge in [0.25, 0.3) is 0 Å². The molecule has 1 aliphatic rings. The van der Waals surface area contributed by atoms with Crippen LogP contribution >= 0.6 is 0 Å². The lowest BCUT2D eigenvalue weighted by molar-refractivity contribution is 0.0697. The Morgan fingerprint density at radius 3 is 2.29 bits per heavy atom. The molecule has 1 unspecified atom stereocenters. The zero-order chi connectivity index (χ0) is 27.2. The Morgan fingerprint density at radius 1 is 0.947 bits per heavy atom. The van der Waals surface area contributed by atoms with Crippen LogP contribution in [0, 0.1) is 5.92 Å². The zero-order valence-corrected chi connectivity index (χ0v) is 23.3. The maximum absolute atomic E-state index is 11.6. The average Bonchev–Trinajstić information content (AvgIpc) is 3.42. The number of carboxylic acids is 1. The Labute approximate surface area is 228 Å². The number of carbonyl (C=O) groups is 1. The predicted octanol–water partition coefficient (Wildman–Crippen LogP) is 8.79. The second-order valence-electron chi connectivity index (χ2n) is 11.2. The van der Waals surface area contributed by atoms with Gasteiger partial charge in [0, 0.05) is 11.7 Å². The molecule has 1 saturated carbocycles. The summed E-state index contributed by atoms with van der Waals surface area (Å²) in [5, 5.41) is 13.2. The first-order chi connectivity index (χ1) is 18.2. The monoisotopic (exact) mass is 507 g/mol. The largest absolute Gasteiger partial charge is 0.478 e. The van der Waals surface area contributed by atoms with Crippen molar-refractivity contribution in [1.82, 2.24) is 5.32 Å². The standard InChI is InChI=1S/C35H41NO2/c1-23(2)25(4)34-22-29(26(5)36-31-10-6-7-11-31)18-19-30(34)21-24(3)20-27-14-16-28(17-15-27)32-12-8-9-13-33(32)35(37)38/h8-9,12-19,22,24,31,36H,5-7,10-11,20-21H2,1-4H3,(H,37,38). The van der Waals surface area contributed by atoms with Crippen molar-refractivity contribution in [2.45, 2.75) is 72.3 Å². The molecule has 0 heterocycles. The molecule has 0 aliphatic heterocycles. The Balaban J connectivity index is 1.49. The smallest absolute Gasteiger partial charge is 0.336 e. The van der Waals surface area contributed by atoms with Crippen LogP contribution in [0.15, 0.2) is 78.9 Å². The van der Waals surface area contributed by atoms with Crippen molar-refractivity contribution >= 4 is 17.2 Å². The van der Waals surface area contributed by atoms with Gasteiger partial charge in [-0.05, 0) is 103 Å². The molecule has 0 radical (unpaired) electrons. The SMILES string of the molecule is C=C(NC1CCCC1)c1ccc(CC(C)Cc2ccc(-c3ccccc3C(=O)O)cc2)c(C(C)=C(C)C)c1. The van der Waals surface area contributed by atoms with Crippen molar-refractivity contribution in [3.8, 4) is 11.1 Å². The lowest BCUT2D eigenvalue weighted by Crippen LogP contribution is -2.23. The van der Waals surface area contributed by atoms with E-state index in [9.17, 15) is 9.90 Å². The summed E-state index contributed by atoms with van der Waals surface area (Å²) in [7, 11) is 0. The van der Waals surface area contributed by atoms with Gasteiger partial charge in [-0.25, -0.2) is 4.79 Å². The van der Waals surface area contributed by atoms with Crippen LogP contribution < -0.4 is 5.32 Å². The van der Waals surface area contributed by atoms with Gasteiger partial charge in [-0.15, -0.1) is 0 Å². The minimum Gasteiger partial charge on any atom is -0.478 e. The minimum atomic E-state index is -0.898. The van der Waals surface area contributed by atoms with Gasteiger partial charge in [0.1, 0.15) is 0 Å². The second-order valence-corrected chi connectivity index (χ2v) is 11.2. The number of aromatic carboxylic acids is 1. The fraction of sp³-hybridized carbons (Fsp3) is 0.343. The molecule has 4 rings (SSSR count). The Morgan fingerprint density at radius 2 is 1.63 bits per heavy atom. The van der Waals surface area contributed by atoms with Crippen LogP contribution in [0.5, 0.6) is 0 Å². The van der Waals surface area contributed by atoms with Gasteiger partial charge < -0.3 is 10.4 Å². The van der Waals surface area contributed by atoms with E-state index < -0.39 is 5.97 Å².